The van der Waals surface area contributed by atoms with Gasteiger partial charge in [-0.05, 0) is 30.5 Å². The summed E-state index contributed by atoms with van der Waals surface area (Å²) in [5.41, 5.74) is 9.80. The molecule has 0 aliphatic heterocycles. The Morgan fingerprint density at radius 2 is 2.11 bits per heavy atom. The molecule has 0 fully saturated rings. The molecular weight excluding hydrogens is 238 g/mol. The number of hydrogen-bond donors (Lipinski definition) is 2. The van der Waals surface area contributed by atoms with Crippen LogP contribution in [0.2, 0.25) is 0 Å². The van der Waals surface area contributed by atoms with E-state index in [0.29, 0.717) is 12.5 Å². The summed E-state index contributed by atoms with van der Waals surface area (Å²) >= 11 is 0. The standard InChI is InChI=1S/C15H21N3O/c1-9(2)11-5-6-12(13(7-11)19-4)15-10(3)17-14(8-16)18-15/h5-7,9H,8,16H2,1-4H3,(H,17,18). The highest BCUT2D eigenvalue weighted by Gasteiger charge is 2.14. The Morgan fingerprint density at radius 1 is 1.37 bits per heavy atom. The number of aromatic nitrogens is 2. The summed E-state index contributed by atoms with van der Waals surface area (Å²) < 4.78 is 5.50. The molecule has 1 heterocycles. The Labute approximate surface area is 114 Å². The smallest absolute Gasteiger partial charge is 0.128 e. The van der Waals surface area contributed by atoms with Gasteiger partial charge < -0.3 is 15.5 Å². The minimum Gasteiger partial charge on any atom is -0.496 e. The molecule has 102 valence electrons. The summed E-state index contributed by atoms with van der Waals surface area (Å²) in [6.07, 6.45) is 0. The molecule has 2 aromatic rings. The normalized spacial score (nSPS) is 11.1. The van der Waals surface area contributed by atoms with Crippen molar-refractivity contribution in [1.29, 1.82) is 0 Å². The molecule has 0 aliphatic rings. The van der Waals surface area contributed by atoms with Gasteiger partial charge in [0.05, 0.1) is 19.3 Å². The molecule has 0 aliphatic carbocycles. The maximum atomic E-state index is 5.62. The minimum atomic E-state index is 0.410. The van der Waals surface area contributed by atoms with E-state index in [1.807, 2.05) is 6.92 Å². The number of nitrogens with zero attached hydrogens (tertiary/aromatic N) is 1. The number of ether oxygens (including phenoxy) is 1. The van der Waals surface area contributed by atoms with Gasteiger partial charge >= 0.3 is 0 Å². The fraction of sp³-hybridized carbons (Fsp3) is 0.400. The second-order valence-corrected chi connectivity index (χ2v) is 4.98. The van der Waals surface area contributed by atoms with Crippen LogP contribution in [-0.4, -0.2) is 17.1 Å². The molecule has 0 amide bonds. The summed E-state index contributed by atoms with van der Waals surface area (Å²) in [6.45, 7) is 6.74. The number of aryl methyl sites for hydroxylation is 1. The third kappa shape index (κ3) is 2.63. The zero-order valence-electron chi connectivity index (χ0n) is 11.9. The first-order valence-corrected chi connectivity index (χ1v) is 6.50. The molecule has 0 unspecified atom stereocenters. The van der Waals surface area contributed by atoms with Crippen LogP contribution in [0.3, 0.4) is 0 Å². The van der Waals surface area contributed by atoms with Gasteiger partial charge in [0.25, 0.3) is 0 Å². The fourth-order valence-electron chi connectivity index (χ4n) is 2.14. The predicted octanol–water partition coefficient (Wildman–Crippen LogP) is 2.98. The Bertz CT molecular complexity index is 573. The van der Waals surface area contributed by atoms with Crippen LogP contribution in [0.25, 0.3) is 11.3 Å². The number of rotatable bonds is 4. The minimum absolute atomic E-state index is 0.410. The number of methoxy groups -OCH3 is 1. The number of imidazole rings is 1. The second-order valence-electron chi connectivity index (χ2n) is 4.98. The highest BCUT2D eigenvalue weighted by atomic mass is 16.5. The first-order valence-electron chi connectivity index (χ1n) is 6.50. The average molecular weight is 259 g/mol. The second kappa shape index (κ2) is 5.45. The van der Waals surface area contributed by atoms with Gasteiger partial charge in [0.2, 0.25) is 0 Å². The van der Waals surface area contributed by atoms with Gasteiger partial charge in [-0.2, -0.15) is 0 Å². The lowest BCUT2D eigenvalue weighted by atomic mass is 9.99. The zero-order chi connectivity index (χ0) is 14.0. The topological polar surface area (TPSA) is 63.9 Å². The number of hydrogen-bond acceptors (Lipinski definition) is 3. The van der Waals surface area contributed by atoms with E-state index in [1.165, 1.54) is 5.56 Å². The molecule has 4 nitrogen and oxygen atoms in total. The third-order valence-electron chi connectivity index (χ3n) is 3.27. The van der Waals surface area contributed by atoms with Gasteiger partial charge in [-0.15, -0.1) is 0 Å². The zero-order valence-corrected chi connectivity index (χ0v) is 11.9. The van der Waals surface area contributed by atoms with E-state index in [0.717, 1.165) is 28.5 Å². The summed E-state index contributed by atoms with van der Waals surface area (Å²) in [6, 6.07) is 6.27. The molecule has 19 heavy (non-hydrogen) atoms. The number of nitrogens with one attached hydrogen (secondary N) is 1. The average Bonchev–Trinajstić information content (AvgIpc) is 2.79. The Morgan fingerprint density at radius 3 is 2.63 bits per heavy atom. The van der Waals surface area contributed by atoms with Gasteiger partial charge in [-0.3, -0.25) is 0 Å². The number of aromatic amines is 1. The first kappa shape index (κ1) is 13.6. The molecule has 4 heteroatoms. The van der Waals surface area contributed by atoms with Crippen LogP contribution in [0.5, 0.6) is 5.75 Å². The molecule has 2 rings (SSSR count). The highest BCUT2D eigenvalue weighted by Crippen LogP contribution is 2.33. The third-order valence-corrected chi connectivity index (χ3v) is 3.27. The van der Waals surface area contributed by atoms with Crippen molar-refractivity contribution < 1.29 is 4.74 Å². The van der Waals surface area contributed by atoms with E-state index < -0.39 is 0 Å². The number of benzene rings is 1. The van der Waals surface area contributed by atoms with Crippen LogP contribution in [0.15, 0.2) is 18.2 Å². The van der Waals surface area contributed by atoms with E-state index in [-0.39, 0.29) is 0 Å². The van der Waals surface area contributed by atoms with E-state index >= 15 is 0 Å². The molecule has 0 radical (unpaired) electrons. The van der Waals surface area contributed by atoms with Crippen LogP contribution < -0.4 is 10.5 Å². The van der Waals surface area contributed by atoms with Gasteiger partial charge in [0, 0.05) is 11.3 Å². The van der Waals surface area contributed by atoms with E-state index in [9.17, 15) is 0 Å². The van der Waals surface area contributed by atoms with Crippen LogP contribution in [0.1, 0.15) is 36.8 Å². The molecule has 0 spiro atoms. The van der Waals surface area contributed by atoms with Crippen LogP contribution >= 0.6 is 0 Å². The Hall–Kier alpha value is -1.81. The van der Waals surface area contributed by atoms with Crippen molar-refractivity contribution in [2.24, 2.45) is 5.73 Å². The van der Waals surface area contributed by atoms with Crippen molar-refractivity contribution in [3.63, 3.8) is 0 Å². The molecule has 0 atom stereocenters. The summed E-state index contributed by atoms with van der Waals surface area (Å²) in [5, 5.41) is 0. The van der Waals surface area contributed by atoms with E-state index in [4.69, 9.17) is 10.5 Å². The predicted molar refractivity (Wildman–Crippen MR) is 77.3 cm³/mol. The molecule has 3 N–H and O–H groups in total. The Balaban J connectivity index is 2.52. The van der Waals surface area contributed by atoms with Crippen molar-refractivity contribution in [3.8, 4) is 17.0 Å². The molecule has 0 saturated heterocycles. The SMILES string of the molecule is COc1cc(C(C)C)ccc1-c1nc(CN)[nH]c1C. The van der Waals surface area contributed by atoms with Gasteiger partial charge in [-0.1, -0.05) is 19.9 Å². The Kier molecular flexibility index (Phi) is 3.90. The van der Waals surface area contributed by atoms with Crippen molar-refractivity contribution in [2.75, 3.05) is 7.11 Å². The maximum absolute atomic E-state index is 5.62. The van der Waals surface area contributed by atoms with Crippen molar-refractivity contribution >= 4 is 0 Å². The molecule has 0 bridgehead atoms. The van der Waals surface area contributed by atoms with Crippen LogP contribution in [0.4, 0.5) is 0 Å². The highest BCUT2D eigenvalue weighted by molar-refractivity contribution is 5.70. The molecule has 0 saturated carbocycles. The summed E-state index contributed by atoms with van der Waals surface area (Å²) in [5.74, 6) is 2.12. The maximum Gasteiger partial charge on any atom is 0.128 e. The largest absolute Gasteiger partial charge is 0.496 e. The molecular formula is C15H21N3O. The lowest BCUT2D eigenvalue weighted by Crippen LogP contribution is -1.98. The monoisotopic (exact) mass is 259 g/mol. The fourth-order valence-corrected chi connectivity index (χ4v) is 2.14. The van der Waals surface area contributed by atoms with Gasteiger partial charge in [-0.25, -0.2) is 4.98 Å². The summed E-state index contributed by atoms with van der Waals surface area (Å²) in [4.78, 5) is 7.71. The van der Waals surface area contributed by atoms with E-state index in [2.05, 4.69) is 42.0 Å². The van der Waals surface area contributed by atoms with Crippen LogP contribution in [0, 0.1) is 6.92 Å². The quantitative estimate of drug-likeness (QED) is 0.887. The van der Waals surface area contributed by atoms with Crippen molar-refractivity contribution in [2.45, 2.75) is 33.2 Å². The van der Waals surface area contributed by atoms with Crippen molar-refractivity contribution in [3.05, 3.63) is 35.3 Å². The first-order chi connectivity index (χ1) is 9.06. The molecule has 1 aromatic carbocycles. The lowest BCUT2D eigenvalue weighted by Gasteiger charge is -2.11. The van der Waals surface area contributed by atoms with E-state index in [1.54, 1.807) is 7.11 Å². The van der Waals surface area contributed by atoms with Crippen LogP contribution in [-0.2, 0) is 6.54 Å². The van der Waals surface area contributed by atoms with Gasteiger partial charge in [0.15, 0.2) is 0 Å². The van der Waals surface area contributed by atoms with Gasteiger partial charge in [0.1, 0.15) is 11.6 Å². The van der Waals surface area contributed by atoms with Crippen molar-refractivity contribution in [1.82, 2.24) is 9.97 Å². The lowest BCUT2D eigenvalue weighted by molar-refractivity contribution is 0.415. The molecule has 1 aromatic heterocycles. The summed E-state index contributed by atoms with van der Waals surface area (Å²) in [7, 11) is 1.69. The number of nitrogens with two attached hydrogens (primary N) is 1. The number of H-pyrrole nitrogens is 1.